The molecule has 0 saturated heterocycles. The van der Waals surface area contributed by atoms with Crippen molar-refractivity contribution in [2.24, 2.45) is 10.9 Å². The summed E-state index contributed by atoms with van der Waals surface area (Å²) in [6.07, 6.45) is -0.0365. The minimum absolute atomic E-state index is 0.149. The number of esters is 1. The summed E-state index contributed by atoms with van der Waals surface area (Å²) in [6.45, 7) is 5.46. The molecule has 0 aliphatic carbocycles. The highest BCUT2D eigenvalue weighted by Crippen LogP contribution is 2.36. The molecule has 11 nitrogen and oxygen atoms in total. The molecule has 0 saturated carbocycles. The number of hydrogen-bond acceptors (Lipinski definition) is 7. The van der Waals surface area contributed by atoms with Crippen LogP contribution in [-0.2, 0) is 9.53 Å². The molecule has 1 heterocycles. The van der Waals surface area contributed by atoms with Gasteiger partial charge in [-0.3, -0.25) is 19.7 Å². The molecule has 0 fully saturated rings. The van der Waals surface area contributed by atoms with Gasteiger partial charge in [0, 0.05) is 43.5 Å². The third-order valence-electron chi connectivity index (χ3n) is 6.97. The summed E-state index contributed by atoms with van der Waals surface area (Å²) in [4.78, 5) is 57.5. The summed E-state index contributed by atoms with van der Waals surface area (Å²) in [6, 6.07) is 20.6. The van der Waals surface area contributed by atoms with Crippen molar-refractivity contribution in [2.75, 3.05) is 20.1 Å². The van der Waals surface area contributed by atoms with Crippen molar-refractivity contribution < 1.29 is 28.8 Å². The number of ether oxygens (including phenoxy) is 2. The maximum absolute atomic E-state index is 13.2. The zero-order chi connectivity index (χ0) is 31.1. The van der Waals surface area contributed by atoms with Crippen LogP contribution in [0.3, 0.4) is 0 Å². The van der Waals surface area contributed by atoms with Crippen molar-refractivity contribution in [3.8, 4) is 11.5 Å². The molecule has 2 unspecified atom stereocenters. The second kappa shape index (κ2) is 13.7. The fraction of sp³-hybridized carbons (Fsp3) is 0.312. The van der Waals surface area contributed by atoms with Gasteiger partial charge in [-0.2, -0.15) is 0 Å². The van der Waals surface area contributed by atoms with Crippen LogP contribution in [0.15, 0.2) is 83.9 Å². The molecule has 2 atom stereocenters. The number of para-hydroxylation sites is 1. The van der Waals surface area contributed by atoms with Gasteiger partial charge in [0.25, 0.3) is 11.6 Å². The van der Waals surface area contributed by atoms with E-state index in [-0.39, 0.29) is 23.9 Å². The number of carbonyl (C=O) groups excluding carboxylic acids is 3. The molecule has 0 radical (unpaired) electrons. The van der Waals surface area contributed by atoms with Crippen LogP contribution >= 0.6 is 0 Å². The number of carbonyl (C=O) groups is 3. The Balaban J connectivity index is 1.48. The number of rotatable bonds is 11. The van der Waals surface area contributed by atoms with Crippen molar-refractivity contribution in [3.05, 3.63) is 100 Å². The number of aliphatic imine (C=N–C) groups is 1. The molecule has 0 bridgehead atoms. The summed E-state index contributed by atoms with van der Waals surface area (Å²) in [5.74, 6) is -0.440. The molecular weight excluding hydrogens is 552 g/mol. The third-order valence-corrected chi connectivity index (χ3v) is 6.97. The Morgan fingerprint density at radius 2 is 1.70 bits per heavy atom. The Bertz CT molecular complexity index is 1510. The zero-order valence-electron chi connectivity index (χ0n) is 24.5. The van der Waals surface area contributed by atoms with Crippen LogP contribution in [0.2, 0.25) is 0 Å². The fourth-order valence-corrected chi connectivity index (χ4v) is 4.94. The molecule has 0 spiro atoms. The topological polar surface area (TPSA) is 132 Å². The number of nitrogens with zero attached hydrogens (tertiary/aromatic N) is 4. The molecule has 224 valence electrons. The van der Waals surface area contributed by atoms with Gasteiger partial charge in [0.1, 0.15) is 17.4 Å². The minimum atomic E-state index is -0.946. The quantitative estimate of drug-likeness (QED) is 0.152. The number of urea groups is 1. The molecular formula is C32H34N4O7. The van der Waals surface area contributed by atoms with Crippen LogP contribution < -0.4 is 4.74 Å². The number of amides is 3. The van der Waals surface area contributed by atoms with Crippen molar-refractivity contribution in [3.63, 3.8) is 0 Å². The van der Waals surface area contributed by atoms with E-state index in [0.29, 0.717) is 35.6 Å². The first-order chi connectivity index (χ1) is 20.5. The van der Waals surface area contributed by atoms with Crippen LogP contribution in [0.4, 0.5) is 10.5 Å². The number of nitro benzene ring substituents is 1. The number of benzene rings is 3. The average molecular weight is 587 g/mol. The normalized spacial score (nSPS) is 16.4. The van der Waals surface area contributed by atoms with Crippen LogP contribution in [0.5, 0.6) is 11.5 Å². The van der Waals surface area contributed by atoms with Crippen LogP contribution in [-0.4, -0.2) is 64.6 Å². The molecule has 0 aromatic heterocycles. The standard InChI is InChI=1S/C32H34N4O7/c1-21(2)42-31(38)28-22(3)33-32(39)35(29(28)24-10-8-11-25(20-24)36(40)41)19-9-18-34(4)30(37)23-14-16-27(17-15-23)43-26-12-6-5-7-13-26/h5-8,10-17,20-21,28-29H,9,18-19H2,1-4H3. The van der Waals surface area contributed by atoms with Crippen LogP contribution in [0.1, 0.15) is 49.2 Å². The van der Waals surface area contributed by atoms with Gasteiger partial charge in [0.05, 0.1) is 17.1 Å². The molecule has 1 aliphatic rings. The van der Waals surface area contributed by atoms with E-state index in [2.05, 4.69) is 4.99 Å². The second-order valence-corrected chi connectivity index (χ2v) is 10.5. The first kappa shape index (κ1) is 30.9. The number of nitro groups is 1. The molecule has 11 heteroatoms. The third kappa shape index (κ3) is 7.62. The average Bonchev–Trinajstić information content (AvgIpc) is 2.98. The lowest BCUT2D eigenvalue weighted by Crippen LogP contribution is -2.48. The van der Waals surface area contributed by atoms with Gasteiger partial charge >= 0.3 is 12.0 Å². The molecule has 3 aromatic carbocycles. The van der Waals surface area contributed by atoms with Crippen LogP contribution in [0.25, 0.3) is 0 Å². The van der Waals surface area contributed by atoms with Gasteiger partial charge < -0.3 is 19.3 Å². The highest BCUT2D eigenvalue weighted by molar-refractivity contribution is 6.08. The van der Waals surface area contributed by atoms with E-state index in [4.69, 9.17) is 9.47 Å². The SMILES string of the molecule is CC1=NC(=O)N(CCCN(C)C(=O)c2ccc(Oc3ccccc3)cc2)C(c2cccc([N+](=O)[O-])c2)C1C(=O)OC(C)C. The monoisotopic (exact) mass is 586 g/mol. The molecule has 1 aliphatic heterocycles. The van der Waals surface area contributed by atoms with Crippen LogP contribution in [0, 0.1) is 16.0 Å². The van der Waals surface area contributed by atoms with Gasteiger partial charge in [-0.15, -0.1) is 0 Å². The van der Waals surface area contributed by atoms with Gasteiger partial charge in [0.15, 0.2) is 0 Å². The molecule has 43 heavy (non-hydrogen) atoms. The Kier molecular flexibility index (Phi) is 9.87. The molecule has 3 aromatic rings. The van der Waals surface area contributed by atoms with E-state index >= 15 is 0 Å². The number of hydrogen-bond donors (Lipinski definition) is 0. The van der Waals surface area contributed by atoms with Gasteiger partial charge in [-0.25, -0.2) is 9.79 Å². The Morgan fingerprint density at radius 3 is 2.35 bits per heavy atom. The Hall–Kier alpha value is -5.06. The maximum atomic E-state index is 13.2. The van der Waals surface area contributed by atoms with Crippen molar-refractivity contribution >= 4 is 29.3 Å². The molecule has 3 amide bonds. The minimum Gasteiger partial charge on any atom is -0.462 e. The summed E-state index contributed by atoms with van der Waals surface area (Å²) < 4.78 is 11.3. The van der Waals surface area contributed by atoms with E-state index in [1.807, 2.05) is 30.3 Å². The lowest BCUT2D eigenvalue weighted by Gasteiger charge is -2.39. The van der Waals surface area contributed by atoms with E-state index < -0.39 is 35.0 Å². The van der Waals surface area contributed by atoms with E-state index in [9.17, 15) is 24.5 Å². The van der Waals surface area contributed by atoms with Gasteiger partial charge in [-0.05, 0) is 69.2 Å². The van der Waals surface area contributed by atoms with Gasteiger partial charge in [-0.1, -0.05) is 30.3 Å². The van der Waals surface area contributed by atoms with Crippen molar-refractivity contribution in [1.29, 1.82) is 0 Å². The largest absolute Gasteiger partial charge is 0.462 e. The summed E-state index contributed by atoms with van der Waals surface area (Å²) >= 11 is 0. The Labute approximate surface area is 249 Å². The van der Waals surface area contributed by atoms with Gasteiger partial charge in [0.2, 0.25) is 0 Å². The predicted molar refractivity (Wildman–Crippen MR) is 160 cm³/mol. The van der Waals surface area contributed by atoms with Crippen molar-refractivity contribution in [2.45, 2.75) is 39.3 Å². The first-order valence-corrected chi connectivity index (χ1v) is 13.9. The number of non-ortho nitro benzene ring substituents is 1. The lowest BCUT2D eigenvalue weighted by molar-refractivity contribution is -0.385. The maximum Gasteiger partial charge on any atom is 0.344 e. The lowest BCUT2D eigenvalue weighted by atomic mass is 9.86. The summed E-state index contributed by atoms with van der Waals surface area (Å²) in [7, 11) is 1.66. The zero-order valence-corrected chi connectivity index (χ0v) is 24.5. The smallest absolute Gasteiger partial charge is 0.344 e. The highest BCUT2D eigenvalue weighted by atomic mass is 16.6. The highest BCUT2D eigenvalue weighted by Gasteiger charge is 2.43. The Morgan fingerprint density at radius 1 is 1.02 bits per heavy atom. The predicted octanol–water partition coefficient (Wildman–Crippen LogP) is 6.05. The van der Waals surface area contributed by atoms with E-state index in [1.54, 1.807) is 63.1 Å². The van der Waals surface area contributed by atoms with E-state index in [0.717, 1.165) is 0 Å². The summed E-state index contributed by atoms with van der Waals surface area (Å²) in [5, 5.41) is 11.5. The second-order valence-electron chi connectivity index (χ2n) is 10.5. The van der Waals surface area contributed by atoms with E-state index in [1.165, 1.54) is 23.1 Å². The first-order valence-electron chi connectivity index (χ1n) is 13.9. The molecule has 0 N–H and O–H groups in total. The fourth-order valence-electron chi connectivity index (χ4n) is 4.94. The summed E-state index contributed by atoms with van der Waals surface area (Å²) in [5.41, 5.74) is 1.01. The van der Waals surface area contributed by atoms with Crippen molar-refractivity contribution in [1.82, 2.24) is 9.80 Å². The molecule has 4 rings (SSSR count).